The summed E-state index contributed by atoms with van der Waals surface area (Å²) in [7, 11) is -3.44. The molecule has 0 heterocycles. The van der Waals surface area contributed by atoms with E-state index in [1.807, 2.05) is 38.1 Å². The van der Waals surface area contributed by atoms with Crippen LogP contribution < -0.4 is 10.6 Å². The van der Waals surface area contributed by atoms with Crippen LogP contribution in [0.1, 0.15) is 41.8 Å². The highest BCUT2D eigenvalue weighted by Gasteiger charge is 2.15. The number of benzene rings is 3. The smallest absolute Gasteiger partial charge is 0.251 e. The van der Waals surface area contributed by atoms with Gasteiger partial charge in [0.2, 0.25) is 5.91 Å². The van der Waals surface area contributed by atoms with Crippen molar-refractivity contribution in [2.45, 2.75) is 37.5 Å². The fraction of sp³-hybridized carbons (Fsp3) is 0.231. The molecule has 7 heteroatoms. The summed E-state index contributed by atoms with van der Waals surface area (Å²) in [6.45, 7) is 4.28. The van der Waals surface area contributed by atoms with Gasteiger partial charge >= 0.3 is 0 Å². The maximum atomic E-state index is 12.5. The number of amides is 2. The summed E-state index contributed by atoms with van der Waals surface area (Å²) in [4.78, 5) is 24.8. The van der Waals surface area contributed by atoms with E-state index >= 15 is 0 Å². The van der Waals surface area contributed by atoms with Crippen molar-refractivity contribution in [1.29, 1.82) is 0 Å². The van der Waals surface area contributed by atoms with Crippen LogP contribution in [0.25, 0.3) is 0 Å². The Hall–Kier alpha value is -3.45. The van der Waals surface area contributed by atoms with Crippen LogP contribution in [0.15, 0.2) is 83.8 Å². The molecule has 33 heavy (non-hydrogen) atoms. The normalized spacial score (nSPS) is 11.2. The number of hydrogen-bond donors (Lipinski definition) is 2. The van der Waals surface area contributed by atoms with E-state index in [4.69, 9.17) is 0 Å². The molecule has 0 unspecified atom stereocenters. The number of carbonyl (C=O) groups is 2. The van der Waals surface area contributed by atoms with Crippen molar-refractivity contribution in [2.24, 2.45) is 5.92 Å². The number of nitrogens with one attached hydrogen (secondary N) is 2. The second-order valence-corrected chi connectivity index (χ2v) is 10.3. The molecule has 0 bridgehead atoms. The van der Waals surface area contributed by atoms with E-state index in [9.17, 15) is 18.0 Å². The molecular formula is C26H28N2O4S. The van der Waals surface area contributed by atoms with E-state index in [0.717, 1.165) is 5.56 Å². The van der Waals surface area contributed by atoms with Crippen molar-refractivity contribution < 1.29 is 18.0 Å². The van der Waals surface area contributed by atoms with Crippen LogP contribution in [0.2, 0.25) is 0 Å². The molecule has 0 atom stereocenters. The van der Waals surface area contributed by atoms with E-state index in [-0.39, 0.29) is 28.4 Å². The third-order valence-electron chi connectivity index (χ3n) is 4.93. The Balaban J connectivity index is 1.57. The molecular weight excluding hydrogens is 436 g/mol. The summed E-state index contributed by atoms with van der Waals surface area (Å²) in [5.74, 6) is -0.159. The molecule has 0 aromatic heterocycles. The van der Waals surface area contributed by atoms with Crippen molar-refractivity contribution in [3.05, 3.63) is 95.6 Å². The number of sulfone groups is 1. The monoisotopic (exact) mass is 464 g/mol. The molecule has 2 N–H and O–H groups in total. The maximum absolute atomic E-state index is 12.5. The third kappa shape index (κ3) is 7.29. The molecule has 0 aliphatic heterocycles. The molecule has 0 radical (unpaired) electrons. The van der Waals surface area contributed by atoms with Gasteiger partial charge in [-0.2, -0.15) is 0 Å². The fourth-order valence-electron chi connectivity index (χ4n) is 3.31. The maximum Gasteiger partial charge on any atom is 0.251 e. The topological polar surface area (TPSA) is 92.3 Å². The van der Waals surface area contributed by atoms with Crippen LogP contribution in [0.4, 0.5) is 5.69 Å². The van der Waals surface area contributed by atoms with Gasteiger partial charge < -0.3 is 10.6 Å². The molecule has 2 amide bonds. The molecule has 0 aliphatic rings. The summed E-state index contributed by atoms with van der Waals surface area (Å²) in [5.41, 5.74) is 2.60. The van der Waals surface area contributed by atoms with E-state index in [1.165, 1.54) is 0 Å². The summed E-state index contributed by atoms with van der Waals surface area (Å²) in [6, 6.07) is 22.2. The zero-order valence-electron chi connectivity index (χ0n) is 18.7. The molecule has 3 aromatic rings. The second kappa shape index (κ2) is 10.9. The Morgan fingerprint density at radius 2 is 1.55 bits per heavy atom. The Labute approximate surface area is 195 Å². The van der Waals surface area contributed by atoms with Gasteiger partial charge in [0.15, 0.2) is 9.84 Å². The van der Waals surface area contributed by atoms with Gasteiger partial charge in [-0.15, -0.1) is 0 Å². The standard InChI is InChI=1S/C26H28N2O4S/c1-19(2)15-25(29)28-23-8-6-7-21(16-23)17-27-26(30)22-13-11-20(12-14-22)18-33(31,32)24-9-4-3-5-10-24/h3-14,16,19H,15,17-18H2,1-2H3,(H,27,30)(H,28,29). The summed E-state index contributed by atoms with van der Waals surface area (Å²) in [6.07, 6.45) is 0.448. The van der Waals surface area contributed by atoms with Crippen LogP contribution >= 0.6 is 0 Å². The van der Waals surface area contributed by atoms with Crippen molar-refractivity contribution in [1.82, 2.24) is 5.32 Å². The van der Waals surface area contributed by atoms with Gasteiger partial charge in [-0.25, -0.2) is 8.42 Å². The van der Waals surface area contributed by atoms with Gasteiger partial charge in [0, 0.05) is 24.2 Å². The number of rotatable bonds is 9. The lowest BCUT2D eigenvalue weighted by Gasteiger charge is -2.10. The predicted octanol–water partition coefficient (Wildman–Crippen LogP) is 4.58. The SMILES string of the molecule is CC(C)CC(=O)Nc1cccc(CNC(=O)c2ccc(CS(=O)(=O)c3ccccc3)cc2)c1. The summed E-state index contributed by atoms with van der Waals surface area (Å²) >= 11 is 0. The molecule has 0 saturated heterocycles. The van der Waals surface area contributed by atoms with E-state index in [2.05, 4.69) is 10.6 Å². The van der Waals surface area contributed by atoms with Gasteiger partial charge in [0.05, 0.1) is 10.6 Å². The molecule has 0 saturated carbocycles. The fourth-order valence-corrected chi connectivity index (χ4v) is 4.68. The summed E-state index contributed by atoms with van der Waals surface area (Å²) < 4.78 is 25.0. The zero-order valence-corrected chi connectivity index (χ0v) is 19.6. The molecule has 6 nitrogen and oxygen atoms in total. The van der Waals surface area contributed by atoms with Gasteiger partial charge in [-0.1, -0.05) is 56.3 Å². The van der Waals surface area contributed by atoms with Crippen molar-refractivity contribution in [3.8, 4) is 0 Å². The Morgan fingerprint density at radius 1 is 0.848 bits per heavy atom. The summed E-state index contributed by atoms with van der Waals surface area (Å²) in [5, 5.41) is 5.72. The van der Waals surface area contributed by atoms with Gasteiger partial charge in [-0.3, -0.25) is 9.59 Å². The predicted molar refractivity (Wildman–Crippen MR) is 129 cm³/mol. The van der Waals surface area contributed by atoms with Crippen molar-refractivity contribution in [2.75, 3.05) is 5.32 Å². The second-order valence-electron chi connectivity index (χ2n) is 8.30. The van der Waals surface area contributed by atoms with Crippen LogP contribution in [-0.4, -0.2) is 20.2 Å². The third-order valence-corrected chi connectivity index (χ3v) is 6.64. The molecule has 3 rings (SSSR count). The lowest BCUT2D eigenvalue weighted by Crippen LogP contribution is -2.23. The van der Waals surface area contributed by atoms with Crippen LogP contribution in [-0.2, 0) is 26.9 Å². The zero-order chi connectivity index (χ0) is 23.8. The van der Waals surface area contributed by atoms with Crippen LogP contribution in [0, 0.1) is 5.92 Å². The first-order valence-corrected chi connectivity index (χ1v) is 12.4. The molecule has 0 spiro atoms. The average molecular weight is 465 g/mol. The molecule has 3 aromatic carbocycles. The van der Waals surface area contributed by atoms with Gasteiger partial charge in [0.1, 0.15) is 0 Å². The van der Waals surface area contributed by atoms with Crippen LogP contribution in [0.3, 0.4) is 0 Å². The van der Waals surface area contributed by atoms with Crippen LogP contribution in [0.5, 0.6) is 0 Å². The van der Waals surface area contributed by atoms with Crippen molar-refractivity contribution in [3.63, 3.8) is 0 Å². The minimum Gasteiger partial charge on any atom is -0.348 e. The first kappa shape index (κ1) is 24.2. The number of carbonyl (C=O) groups excluding carboxylic acids is 2. The lowest BCUT2D eigenvalue weighted by atomic mass is 10.1. The largest absolute Gasteiger partial charge is 0.348 e. The minimum atomic E-state index is -3.44. The molecule has 172 valence electrons. The van der Waals surface area contributed by atoms with Crippen molar-refractivity contribution >= 4 is 27.3 Å². The Bertz CT molecular complexity index is 1200. The highest BCUT2D eigenvalue weighted by molar-refractivity contribution is 7.90. The van der Waals surface area contributed by atoms with E-state index in [1.54, 1.807) is 54.6 Å². The van der Waals surface area contributed by atoms with Gasteiger partial charge in [-0.05, 0) is 53.4 Å². The van der Waals surface area contributed by atoms with Gasteiger partial charge in [0.25, 0.3) is 5.91 Å². The lowest BCUT2D eigenvalue weighted by molar-refractivity contribution is -0.116. The van der Waals surface area contributed by atoms with E-state index < -0.39 is 9.84 Å². The highest BCUT2D eigenvalue weighted by Crippen LogP contribution is 2.17. The first-order valence-electron chi connectivity index (χ1n) is 10.8. The highest BCUT2D eigenvalue weighted by atomic mass is 32.2. The van der Waals surface area contributed by atoms with E-state index in [0.29, 0.717) is 29.8 Å². The Kier molecular flexibility index (Phi) is 8.01. The number of hydrogen-bond acceptors (Lipinski definition) is 4. The quantitative estimate of drug-likeness (QED) is 0.485. The molecule has 0 aliphatic carbocycles. The first-order chi connectivity index (χ1) is 15.7. The Morgan fingerprint density at radius 3 is 2.21 bits per heavy atom. The number of anilines is 1. The molecule has 0 fully saturated rings. The minimum absolute atomic E-state index is 0.0412. The average Bonchev–Trinajstić information content (AvgIpc) is 2.78.